The first kappa shape index (κ1) is 22.1. The molecule has 1 aliphatic rings. The molecule has 2 aromatic carbocycles. The first-order valence-electron chi connectivity index (χ1n) is 9.55. The quantitative estimate of drug-likeness (QED) is 0.630. The van der Waals surface area contributed by atoms with Gasteiger partial charge in [-0.3, -0.25) is 9.10 Å². The first-order valence-corrected chi connectivity index (χ1v) is 11.4. The fraction of sp³-hybridized carbons (Fsp3) is 0.333. The number of rotatable bonds is 6. The molecule has 3 rings (SSSR count). The van der Waals surface area contributed by atoms with E-state index >= 15 is 0 Å². The molecule has 7 nitrogen and oxygen atoms in total. The Kier molecular flexibility index (Phi) is 6.67. The molecule has 2 aromatic rings. The van der Waals surface area contributed by atoms with Crippen LogP contribution in [0, 0.1) is 0 Å². The fourth-order valence-corrected chi connectivity index (χ4v) is 4.64. The van der Waals surface area contributed by atoms with Gasteiger partial charge in [0.1, 0.15) is 0 Å². The van der Waals surface area contributed by atoms with E-state index in [1.807, 2.05) is 0 Å². The second-order valence-corrected chi connectivity index (χ2v) is 9.41. The minimum Gasteiger partial charge on any atom is -0.449 e. The number of esters is 1. The standard InChI is InChI=1S/C21H23ClN2O5S/c1-15(20(25)24-12-6-7-13-24)29-21(26)18-14-17(10-11-19(18)22)30(27,28)23(2)16-8-4-3-5-9-16/h3-5,8-11,14-15H,6-7,12-13H2,1-2H3/t15-/m0/s1. The van der Waals surface area contributed by atoms with Crippen LogP contribution in [0.3, 0.4) is 0 Å². The average Bonchev–Trinajstić information content (AvgIpc) is 3.28. The van der Waals surface area contributed by atoms with Crippen molar-refractivity contribution in [1.82, 2.24) is 4.90 Å². The minimum absolute atomic E-state index is 0.0436. The van der Waals surface area contributed by atoms with Gasteiger partial charge in [-0.2, -0.15) is 0 Å². The zero-order chi connectivity index (χ0) is 21.9. The van der Waals surface area contributed by atoms with Crippen LogP contribution >= 0.6 is 11.6 Å². The predicted octanol–water partition coefficient (Wildman–Crippen LogP) is 3.33. The molecule has 1 fully saturated rings. The average molecular weight is 451 g/mol. The molecular formula is C21H23ClN2O5S. The van der Waals surface area contributed by atoms with Crippen LogP contribution in [0.4, 0.5) is 5.69 Å². The van der Waals surface area contributed by atoms with Crippen molar-refractivity contribution in [2.75, 3.05) is 24.4 Å². The monoisotopic (exact) mass is 450 g/mol. The maximum absolute atomic E-state index is 13.0. The third kappa shape index (κ3) is 4.60. The van der Waals surface area contributed by atoms with Crippen LogP contribution in [0.1, 0.15) is 30.1 Å². The smallest absolute Gasteiger partial charge is 0.340 e. The molecule has 1 aliphatic heterocycles. The summed E-state index contributed by atoms with van der Waals surface area (Å²) in [6.45, 7) is 2.78. The highest BCUT2D eigenvalue weighted by Crippen LogP contribution is 2.26. The Hall–Kier alpha value is -2.58. The largest absolute Gasteiger partial charge is 0.449 e. The molecule has 0 N–H and O–H groups in total. The molecule has 0 radical (unpaired) electrons. The van der Waals surface area contributed by atoms with Crippen molar-refractivity contribution in [2.45, 2.75) is 30.8 Å². The molecule has 1 atom stereocenters. The molecule has 0 spiro atoms. The molecule has 30 heavy (non-hydrogen) atoms. The lowest BCUT2D eigenvalue weighted by atomic mass is 10.2. The number of halogens is 1. The van der Waals surface area contributed by atoms with Gasteiger partial charge in [-0.1, -0.05) is 29.8 Å². The van der Waals surface area contributed by atoms with Gasteiger partial charge in [0.05, 0.1) is 21.2 Å². The summed E-state index contributed by atoms with van der Waals surface area (Å²) in [5.74, 6) is -1.12. The molecule has 0 unspecified atom stereocenters. The van der Waals surface area contributed by atoms with Crippen LogP contribution in [0.25, 0.3) is 0 Å². The zero-order valence-corrected chi connectivity index (χ0v) is 18.3. The van der Waals surface area contributed by atoms with Gasteiger partial charge >= 0.3 is 5.97 Å². The lowest BCUT2D eigenvalue weighted by molar-refractivity contribution is -0.138. The SMILES string of the molecule is C[C@H](OC(=O)c1cc(S(=O)(=O)N(C)c2ccccc2)ccc1Cl)C(=O)N1CCCC1. The van der Waals surface area contributed by atoms with Crippen LogP contribution in [0.15, 0.2) is 53.4 Å². The number of anilines is 1. The molecule has 1 saturated heterocycles. The Morgan fingerprint density at radius 3 is 2.37 bits per heavy atom. The zero-order valence-electron chi connectivity index (χ0n) is 16.7. The summed E-state index contributed by atoms with van der Waals surface area (Å²) in [6.07, 6.45) is 0.860. The Morgan fingerprint density at radius 2 is 1.73 bits per heavy atom. The lowest BCUT2D eigenvalue weighted by Crippen LogP contribution is -2.38. The maximum Gasteiger partial charge on any atom is 0.340 e. The van der Waals surface area contributed by atoms with Gasteiger partial charge in [0.25, 0.3) is 15.9 Å². The van der Waals surface area contributed by atoms with Crippen LogP contribution in [0.5, 0.6) is 0 Å². The molecule has 0 aromatic heterocycles. The van der Waals surface area contributed by atoms with Crippen molar-refractivity contribution in [3.63, 3.8) is 0 Å². The molecule has 0 aliphatic carbocycles. The van der Waals surface area contributed by atoms with Gasteiger partial charge in [-0.05, 0) is 50.1 Å². The number of sulfonamides is 1. The Balaban J connectivity index is 1.82. The third-order valence-electron chi connectivity index (χ3n) is 4.99. The summed E-state index contributed by atoms with van der Waals surface area (Å²) in [5, 5.41) is 0.0436. The second-order valence-electron chi connectivity index (χ2n) is 7.03. The van der Waals surface area contributed by atoms with E-state index in [-0.39, 0.29) is 21.4 Å². The number of ether oxygens (including phenoxy) is 1. The number of benzene rings is 2. The van der Waals surface area contributed by atoms with Gasteiger partial charge < -0.3 is 9.64 Å². The Bertz CT molecular complexity index is 1040. The van der Waals surface area contributed by atoms with E-state index in [9.17, 15) is 18.0 Å². The van der Waals surface area contributed by atoms with Crippen molar-refractivity contribution >= 4 is 39.2 Å². The number of nitrogens with zero attached hydrogens (tertiary/aromatic N) is 2. The van der Waals surface area contributed by atoms with Gasteiger partial charge in [0.2, 0.25) is 0 Å². The summed E-state index contributed by atoms with van der Waals surface area (Å²) in [6, 6.07) is 12.4. The molecule has 9 heteroatoms. The van der Waals surface area contributed by atoms with Crippen LogP contribution in [0.2, 0.25) is 5.02 Å². The van der Waals surface area contributed by atoms with Crippen molar-refractivity contribution in [3.05, 3.63) is 59.1 Å². The maximum atomic E-state index is 13.0. The number of likely N-dealkylation sites (tertiary alicyclic amines) is 1. The fourth-order valence-electron chi connectivity index (χ4n) is 3.23. The molecule has 0 saturated carbocycles. The van der Waals surface area contributed by atoms with Crippen molar-refractivity contribution < 1.29 is 22.7 Å². The number of para-hydroxylation sites is 1. The van der Waals surface area contributed by atoms with Crippen molar-refractivity contribution in [3.8, 4) is 0 Å². The predicted molar refractivity (Wildman–Crippen MR) is 114 cm³/mol. The Labute approximate surface area is 181 Å². The lowest BCUT2D eigenvalue weighted by Gasteiger charge is -2.21. The van der Waals surface area contributed by atoms with Gasteiger partial charge in [0.15, 0.2) is 6.10 Å². The Morgan fingerprint density at radius 1 is 1.10 bits per heavy atom. The van der Waals surface area contributed by atoms with Gasteiger partial charge in [-0.15, -0.1) is 0 Å². The summed E-state index contributed by atoms with van der Waals surface area (Å²) >= 11 is 6.12. The highest BCUT2D eigenvalue weighted by Gasteiger charge is 2.28. The van der Waals surface area contributed by atoms with Crippen molar-refractivity contribution in [2.24, 2.45) is 0 Å². The van der Waals surface area contributed by atoms with E-state index in [1.54, 1.807) is 35.2 Å². The van der Waals surface area contributed by atoms with E-state index in [1.165, 1.54) is 32.2 Å². The van der Waals surface area contributed by atoms with Crippen molar-refractivity contribution in [1.29, 1.82) is 0 Å². The summed E-state index contributed by atoms with van der Waals surface area (Å²) in [4.78, 5) is 26.6. The van der Waals surface area contributed by atoms with Crippen LogP contribution in [-0.4, -0.2) is 51.4 Å². The summed E-state index contributed by atoms with van der Waals surface area (Å²) in [7, 11) is -2.51. The van der Waals surface area contributed by atoms with Gasteiger partial charge in [-0.25, -0.2) is 13.2 Å². The number of hydrogen-bond donors (Lipinski definition) is 0. The summed E-state index contributed by atoms with van der Waals surface area (Å²) in [5.41, 5.74) is 0.363. The summed E-state index contributed by atoms with van der Waals surface area (Å²) < 4.78 is 32.4. The van der Waals surface area contributed by atoms with Crippen LogP contribution in [-0.2, 0) is 19.6 Å². The molecule has 0 bridgehead atoms. The van der Waals surface area contributed by atoms with E-state index < -0.39 is 22.1 Å². The molecular weight excluding hydrogens is 428 g/mol. The number of hydrogen-bond acceptors (Lipinski definition) is 5. The highest BCUT2D eigenvalue weighted by atomic mass is 35.5. The first-order chi connectivity index (χ1) is 14.2. The van der Waals surface area contributed by atoms with E-state index in [0.29, 0.717) is 18.8 Å². The normalized spacial score (nSPS) is 15.0. The number of carbonyl (C=O) groups excluding carboxylic acids is 2. The van der Waals surface area contributed by atoms with Crippen LogP contribution < -0.4 is 4.31 Å². The minimum atomic E-state index is -3.93. The third-order valence-corrected chi connectivity index (χ3v) is 7.10. The number of carbonyl (C=O) groups is 2. The van der Waals surface area contributed by atoms with Gasteiger partial charge in [0, 0.05) is 20.1 Å². The topological polar surface area (TPSA) is 84.0 Å². The molecule has 1 heterocycles. The van der Waals surface area contributed by atoms with E-state index in [0.717, 1.165) is 17.1 Å². The number of amides is 1. The van der Waals surface area contributed by atoms with E-state index in [4.69, 9.17) is 16.3 Å². The van der Waals surface area contributed by atoms with E-state index in [2.05, 4.69) is 0 Å². The molecule has 160 valence electrons. The second kappa shape index (κ2) is 9.06. The molecule has 1 amide bonds. The highest BCUT2D eigenvalue weighted by molar-refractivity contribution is 7.92.